The smallest absolute Gasteiger partial charge is 0.261 e. The van der Waals surface area contributed by atoms with Crippen LogP contribution in [0.3, 0.4) is 0 Å². The SMILES string of the molecule is C=C1C(=O)[C@]23[C@H](O)[C@H]1C[C@H](O)[C@H]2[C@]12CCCC(C)(C)[C@H]1C[C@H]3O[C@H]2OCCCCc1cn(CCN2C(=O)c3cccc4c(N5CCCCC5)ccc(c34)C2=O)nn1. The average Bonchev–Trinajstić information content (AvgIpc) is 3.70. The first-order valence-corrected chi connectivity index (χ1v) is 21.4. The zero-order chi connectivity index (χ0) is 39.4. The van der Waals surface area contributed by atoms with Gasteiger partial charge in [-0.15, -0.1) is 5.10 Å². The van der Waals surface area contributed by atoms with Gasteiger partial charge in [0.05, 0.1) is 36.0 Å². The molecular weight excluding hydrogens is 723 g/mol. The second kappa shape index (κ2) is 13.5. The van der Waals surface area contributed by atoms with Crippen LogP contribution in [0.15, 0.2) is 48.7 Å². The number of aryl methyl sites for hydroxylation is 1. The Morgan fingerprint density at radius 3 is 2.54 bits per heavy atom. The van der Waals surface area contributed by atoms with Gasteiger partial charge in [-0.05, 0) is 99.3 Å². The summed E-state index contributed by atoms with van der Waals surface area (Å²) in [5.74, 6) is -1.32. The molecule has 11 rings (SSSR count). The molecule has 2 aromatic carbocycles. The lowest BCUT2D eigenvalue weighted by atomic mass is 9.37. The highest BCUT2D eigenvalue weighted by atomic mass is 16.7. The van der Waals surface area contributed by atoms with Crippen molar-refractivity contribution in [1.82, 2.24) is 19.9 Å². The third-order valence-electron chi connectivity index (χ3n) is 15.6. The molecule has 2 amide bonds. The molecule has 9 atom stereocenters. The third kappa shape index (κ3) is 5.28. The van der Waals surface area contributed by atoms with E-state index in [2.05, 4.69) is 35.6 Å². The number of ketones is 1. The molecule has 5 heterocycles. The predicted molar refractivity (Wildman–Crippen MR) is 211 cm³/mol. The van der Waals surface area contributed by atoms with Crippen molar-refractivity contribution in [3.63, 3.8) is 0 Å². The molecule has 12 heteroatoms. The highest BCUT2D eigenvalue weighted by molar-refractivity contribution is 6.26. The summed E-state index contributed by atoms with van der Waals surface area (Å²) in [6, 6.07) is 9.69. The summed E-state index contributed by atoms with van der Waals surface area (Å²) < 4.78 is 15.1. The van der Waals surface area contributed by atoms with Crippen LogP contribution in [0, 0.1) is 34.0 Å². The number of carbonyl (C=O) groups excluding carboxylic acids is 3. The van der Waals surface area contributed by atoms with Crippen LogP contribution in [0.1, 0.15) is 104 Å². The highest BCUT2D eigenvalue weighted by Gasteiger charge is 2.81. The first-order valence-electron chi connectivity index (χ1n) is 21.4. The molecule has 3 saturated heterocycles. The number of aliphatic hydroxyl groups excluding tert-OH is 2. The fourth-order valence-corrected chi connectivity index (χ4v) is 13.2. The van der Waals surface area contributed by atoms with E-state index in [4.69, 9.17) is 9.47 Å². The van der Waals surface area contributed by atoms with Crippen LogP contribution in [0.4, 0.5) is 5.69 Å². The molecule has 4 saturated carbocycles. The summed E-state index contributed by atoms with van der Waals surface area (Å²) in [6.45, 7) is 11.6. The Kier molecular flexibility index (Phi) is 8.86. The summed E-state index contributed by atoms with van der Waals surface area (Å²) in [4.78, 5) is 45.2. The van der Waals surface area contributed by atoms with Crippen LogP contribution in [-0.2, 0) is 27.2 Å². The molecule has 302 valence electrons. The molecule has 1 aromatic heterocycles. The van der Waals surface area contributed by atoms with Gasteiger partial charge in [-0.3, -0.25) is 24.0 Å². The van der Waals surface area contributed by atoms with Crippen LogP contribution in [-0.4, -0.2) is 98.5 Å². The normalized spacial score (nSPS) is 35.3. The van der Waals surface area contributed by atoms with E-state index < -0.39 is 47.3 Å². The Hall–Kier alpha value is -3.97. The number of hydrogen-bond acceptors (Lipinski definition) is 10. The zero-order valence-corrected chi connectivity index (χ0v) is 33.2. The molecule has 12 nitrogen and oxygen atoms in total. The maximum Gasteiger partial charge on any atom is 0.261 e. The molecule has 2 spiro atoms. The second-order valence-electron chi connectivity index (χ2n) is 18.8. The standard InChI is InChI=1S/C45H55N5O7/c1-26-31-23-33(51)37-44-17-10-16-43(2,3)34(44)24-35(45(37,38(26)52)39(31)53)57-42(44)56-22-8-5-11-27-25-49(47-46-27)20-21-50-40(54)29-13-9-12-28-32(48-18-6-4-7-19-48)15-14-30(36(28)29)41(50)55/h9,12-15,25,31,33-35,37,39,42,51,53H,1,4-8,10-11,16-24H2,2-3H3/t31-,33-,34+,35+,37-,39+,42+,44-,45+/m0/s1. The molecule has 4 aliphatic heterocycles. The van der Waals surface area contributed by atoms with E-state index in [-0.39, 0.29) is 35.5 Å². The molecule has 57 heavy (non-hydrogen) atoms. The molecule has 4 aliphatic carbocycles. The van der Waals surface area contributed by atoms with Gasteiger partial charge >= 0.3 is 0 Å². The number of amides is 2. The Balaban J connectivity index is 0.773. The molecule has 3 aromatic rings. The van der Waals surface area contributed by atoms with Crippen LogP contribution < -0.4 is 4.90 Å². The minimum atomic E-state index is -1.15. The van der Waals surface area contributed by atoms with Crippen LogP contribution >= 0.6 is 0 Å². The number of ether oxygens (including phenoxy) is 2. The van der Waals surface area contributed by atoms with E-state index in [1.165, 1.54) is 11.3 Å². The Bertz CT molecular complexity index is 2140. The number of hydrogen-bond donors (Lipinski definition) is 2. The number of nitrogens with zero attached hydrogens (tertiary/aromatic N) is 5. The van der Waals surface area contributed by atoms with E-state index in [0.717, 1.165) is 80.2 Å². The van der Waals surface area contributed by atoms with Crippen molar-refractivity contribution in [2.75, 3.05) is 31.1 Å². The van der Waals surface area contributed by atoms with E-state index in [0.29, 0.717) is 49.1 Å². The fraction of sp³-hybridized carbons (Fsp3) is 0.622. The number of Topliss-reactive ketones (excluding diaryl/α,β-unsaturated/α-hetero) is 1. The highest BCUT2D eigenvalue weighted by Crippen LogP contribution is 2.75. The van der Waals surface area contributed by atoms with Gasteiger partial charge < -0.3 is 24.6 Å². The zero-order valence-electron chi connectivity index (χ0n) is 33.2. The average molecular weight is 778 g/mol. The van der Waals surface area contributed by atoms with Crippen molar-refractivity contribution in [1.29, 1.82) is 0 Å². The number of aliphatic hydroxyl groups is 2. The van der Waals surface area contributed by atoms with Crippen molar-refractivity contribution in [3.05, 3.63) is 65.5 Å². The molecule has 8 aliphatic rings. The van der Waals surface area contributed by atoms with Crippen LogP contribution in [0.25, 0.3) is 10.8 Å². The second-order valence-corrected chi connectivity index (χ2v) is 18.8. The Morgan fingerprint density at radius 2 is 1.74 bits per heavy atom. The largest absolute Gasteiger partial charge is 0.393 e. The number of unbranched alkanes of at least 4 members (excludes halogenated alkanes) is 1. The fourth-order valence-electron chi connectivity index (χ4n) is 13.2. The Morgan fingerprint density at radius 1 is 0.947 bits per heavy atom. The molecule has 0 unspecified atom stereocenters. The quantitative estimate of drug-likeness (QED) is 0.154. The van der Waals surface area contributed by atoms with Gasteiger partial charge in [-0.25, -0.2) is 0 Å². The molecule has 2 N–H and O–H groups in total. The number of anilines is 1. The molecular formula is C45H55N5O7. The summed E-state index contributed by atoms with van der Waals surface area (Å²) >= 11 is 0. The minimum Gasteiger partial charge on any atom is -0.393 e. The minimum absolute atomic E-state index is 0.0146. The number of benzene rings is 2. The summed E-state index contributed by atoms with van der Waals surface area (Å²) in [6.07, 6.45) is 8.76. The number of imide groups is 1. The third-order valence-corrected chi connectivity index (χ3v) is 15.6. The number of rotatable bonds is 10. The van der Waals surface area contributed by atoms with Gasteiger partial charge in [0, 0.05) is 77.3 Å². The van der Waals surface area contributed by atoms with E-state index >= 15 is 0 Å². The van der Waals surface area contributed by atoms with Crippen molar-refractivity contribution >= 4 is 34.1 Å². The van der Waals surface area contributed by atoms with Crippen molar-refractivity contribution in [3.8, 4) is 0 Å². The van der Waals surface area contributed by atoms with Crippen LogP contribution in [0.2, 0.25) is 0 Å². The van der Waals surface area contributed by atoms with Gasteiger partial charge in [-0.2, -0.15) is 0 Å². The van der Waals surface area contributed by atoms with E-state index in [9.17, 15) is 24.6 Å². The lowest BCUT2D eigenvalue weighted by molar-refractivity contribution is -0.402. The number of piperidine rings is 1. The maximum atomic E-state index is 14.0. The summed E-state index contributed by atoms with van der Waals surface area (Å²) in [7, 11) is 0. The van der Waals surface area contributed by atoms with E-state index in [1.54, 1.807) is 4.68 Å². The lowest BCUT2D eigenvalue weighted by Crippen LogP contribution is -2.78. The van der Waals surface area contributed by atoms with Gasteiger partial charge in [0.1, 0.15) is 0 Å². The van der Waals surface area contributed by atoms with Crippen LogP contribution in [0.5, 0.6) is 0 Å². The van der Waals surface area contributed by atoms with Gasteiger partial charge in [0.2, 0.25) is 0 Å². The summed E-state index contributed by atoms with van der Waals surface area (Å²) in [5.41, 5.74) is 1.74. The Labute approximate surface area is 333 Å². The number of aromatic nitrogens is 3. The predicted octanol–water partition coefficient (Wildman–Crippen LogP) is 5.48. The maximum absolute atomic E-state index is 14.0. The first-order chi connectivity index (χ1) is 27.5. The van der Waals surface area contributed by atoms with E-state index in [1.807, 2.05) is 36.5 Å². The van der Waals surface area contributed by atoms with Crippen molar-refractivity contribution in [2.24, 2.45) is 34.0 Å². The van der Waals surface area contributed by atoms with Gasteiger partial charge in [-0.1, -0.05) is 44.2 Å². The first kappa shape index (κ1) is 37.3. The molecule has 7 fully saturated rings. The molecule has 4 bridgehead atoms. The molecule has 0 radical (unpaired) electrons. The monoisotopic (exact) mass is 777 g/mol. The number of fused-ring (bicyclic) bond motifs is 2. The van der Waals surface area contributed by atoms with Crippen molar-refractivity contribution in [2.45, 2.75) is 116 Å². The van der Waals surface area contributed by atoms with Crippen molar-refractivity contribution < 1.29 is 34.1 Å². The lowest BCUT2D eigenvalue weighted by Gasteiger charge is -2.72. The van der Waals surface area contributed by atoms with Gasteiger partial charge in [0.25, 0.3) is 11.8 Å². The van der Waals surface area contributed by atoms with Gasteiger partial charge in [0.15, 0.2) is 12.1 Å². The summed E-state index contributed by atoms with van der Waals surface area (Å²) in [5, 5.41) is 33.9. The number of carbonyl (C=O) groups is 3. The topological polar surface area (TPSA) is 147 Å².